The number of rotatable bonds is 7. The molecule has 0 atom stereocenters. The molecule has 3 aromatic rings. The first-order valence-electron chi connectivity index (χ1n) is 9.54. The summed E-state index contributed by atoms with van der Waals surface area (Å²) in [6.45, 7) is 1.78. The molecule has 2 aromatic carbocycles. The zero-order chi connectivity index (χ0) is 22.5. The van der Waals surface area contributed by atoms with Gasteiger partial charge in [-0.1, -0.05) is 18.2 Å². The zero-order valence-electron chi connectivity index (χ0n) is 18.1. The molecule has 162 valence electrons. The van der Waals surface area contributed by atoms with E-state index in [9.17, 15) is 9.59 Å². The van der Waals surface area contributed by atoms with E-state index in [0.29, 0.717) is 34.2 Å². The van der Waals surface area contributed by atoms with Crippen LogP contribution in [0.1, 0.15) is 11.3 Å². The molecule has 31 heavy (non-hydrogen) atoms. The quantitative estimate of drug-likeness (QED) is 0.590. The minimum absolute atomic E-state index is 0.228. The molecule has 0 radical (unpaired) electrons. The molecule has 0 fully saturated rings. The highest BCUT2D eigenvalue weighted by Crippen LogP contribution is 2.38. The number of anilines is 1. The zero-order valence-corrected chi connectivity index (χ0v) is 18.1. The topological polar surface area (TPSA) is 83.7 Å². The monoisotopic (exact) mass is 423 g/mol. The van der Waals surface area contributed by atoms with Crippen LogP contribution in [0.4, 0.5) is 5.69 Å². The van der Waals surface area contributed by atoms with Crippen molar-refractivity contribution in [1.29, 1.82) is 0 Å². The van der Waals surface area contributed by atoms with E-state index in [0.717, 1.165) is 0 Å². The predicted octanol–water partition coefficient (Wildman–Crippen LogP) is 3.16. The minimum Gasteiger partial charge on any atom is -0.493 e. The van der Waals surface area contributed by atoms with Gasteiger partial charge in [-0.15, -0.1) is 0 Å². The van der Waals surface area contributed by atoms with Crippen LogP contribution in [-0.2, 0) is 11.8 Å². The molecule has 0 aliphatic carbocycles. The molecule has 1 N–H and O–H groups in total. The second-order valence-electron chi connectivity index (χ2n) is 6.72. The molecule has 1 amide bonds. The van der Waals surface area contributed by atoms with E-state index in [1.165, 1.54) is 32.1 Å². The van der Waals surface area contributed by atoms with Gasteiger partial charge < -0.3 is 19.5 Å². The highest BCUT2D eigenvalue weighted by atomic mass is 16.5. The van der Waals surface area contributed by atoms with Crippen molar-refractivity contribution in [1.82, 2.24) is 9.36 Å². The van der Waals surface area contributed by atoms with Crippen LogP contribution < -0.4 is 25.1 Å². The van der Waals surface area contributed by atoms with Crippen molar-refractivity contribution in [3.05, 3.63) is 70.2 Å². The summed E-state index contributed by atoms with van der Waals surface area (Å²) in [6.07, 6.45) is 2.95. The summed E-state index contributed by atoms with van der Waals surface area (Å²) in [5.74, 6) is 0.992. The van der Waals surface area contributed by atoms with E-state index in [2.05, 4.69) is 5.32 Å². The Balaban J connectivity index is 1.87. The van der Waals surface area contributed by atoms with E-state index in [-0.39, 0.29) is 11.2 Å². The number of benzene rings is 2. The third-order valence-corrected chi connectivity index (χ3v) is 4.92. The minimum atomic E-state index is -0.431. The fraction of sp³-hybridized carbons (Fsp3) is 0.217. The number of carbonyl (C=O) groups excluding carboxylic acids is 1. The van der Waals surface area contributed by atoms with Gasteiger partial charge in [-0.05, 0) is 42.8 Å². The van der Waals surface area contributed by atoms with Crippen LogP contribution >= 0.6 is 0 Å². The molecular weight excluding hydrogens is 398 g/mol. The number of ether oxygens (including phenoxy) is 3. The molecule has 0 bridgehead atoms. The van der Waals surface area contributed by atoms with Crippen LogP contribution in [0.5, 0.6) is 17.2 Å². The van der Waals surface area contributed by atoms with Gasteiger partial charge in [-0.3, -0.25) is 14.3 Å². The number of aromatic nitrogens is 2. The lowest BCUT2D eigenvalue weighted by Crippen LogP contribution is -2.22. The van der Waals surface area contributed by atoms with E-state index in [1.807, 2.05) is 30.3 Å². The van der Waals surface area contributed by atoms with E-state index in [1.54, 1.807) is 36.9 Å². The first-order valence-corrected chi connectivity index (χ1v) is 9.54. The van der Waals surface area contributed by atoms with Gasteiger partial charge in [-0.25, -0.2) is 4.68 Å². The molecule has 8 heteroatoms. The summed E-state index contributed by atoms with van der Waals surface area (Å²) in [7, 11) is 6.33. The van der Waals surface area contributed by atoms with Gasteiger partial charge >= 0.3 is 0 Å². The number of methoxy groups -OCH3 is 3. The Kier molecular flexibility index (Phi) is 6.49. The number of carbonyl (C=O) groups is 1. The second-order valence-corrected chi connectivity index (χ2v) is 6.72. The molecule has 8 nitrogen and oxygen atoms in total. The predicted molar refractivity (Wildman–Crippen MR) is 120 cm³/mol. The number of nitrogens with zero attached hydrogens (tertiary/aromatic N) is 2. The highest BCUT2D eigenvalue weighted by molar-refractivity contribution is 6.02. The normalized spacial score (nSPS) is 10.9. The molecule has 3 rings (SSSR count). The third-order valence-electron chi connectivity index (χ3n) is 4.92. The standard InChI is InChI=1S/C23H25N3O5/c1-15-21(23(28)26(25(15)2)17-9-7-6-8-10-17)24-20(27)12-11-16-13-18(29-3)22(31-5)19(14-16)30-4/h6-14H,1-5H3,(H,24,27). The fourth-order valence-corrected chi connectivity index (χ4v) is 3.25. The lowest BCUT2D eigenvalue weighted by molar-refractivity contribution is -0.111. The van der Waals surface area contributed by atoms with Gasteiger partial charge in [0.25, 0.3) is 5.56 Å². The Labute approximate surface area is 180 Å². The molecule has 0 saturated carbocycles. The van der Waals surface area contributed by atoms with E-state index in [4.69, 9.17) is 14.2 Å². The molecule has 0 aliphatic rings. The van der Waals surface area contributed by atoms with Gasteiger partial charge in [0.1, 0.15) is 5.69 Å². The summed E-state index contributed by atoms with van der Waals surface area (Å²) >= 11 is 0. The smallest absolute Gasteiger partial charge is 0.295 e. The summed E-state index contributed by atoms with van der Waals surface area (Å²) in [4.78, 5) is 25.5. The molecule has 1 aromatic heterocycles. The average Bonchev–Trinajstić information content (AvgIpc) is 3.00. The summed E-state index contributed by atoms with van der Waals surface area (Å²) in [5.41, 5.74) is 1.96. The van der Waals surface area contributed by atoms with E-state index < -0.39 is 5.91 Å². The van der Waals surface area contributed by atoms with Crippen molar-refractivity contribution in [3.63, 3.8) is 0 Å². The Morgan fingerprint density at radius 3 is 2.16 bits per heavy atom. The van der Waals surface area contributed by atoms with Gasteiger partial charge in [-0.2, -0.15) is 0 Å². The molecule has 0 saturated heterocycles. The first-order chi connectivity index (χ1) is 14.9. The Morgan fingerprint density at radius 1 is 1.00 bits per heavy atom. The second kappa shape index (κ2) is 9.25. The Hall–Kier alpha value is -3.94. The summed E-state index contributed by atoms with van der Waals surface area (Å²) in [5, 5.41) is 2.69. The summed E-state index contributed by atoms with van der Waals surface area (Å²) < 4.78 is 19.2. The van der Waals surface area contributed by atoms with E-state index >= 15 is 0 Å². The van der Waals surface area contributed by atoms with Crippen LogP contribution in [0.3, 0.4) is 0 Å². The molecule has 0 spiro atoms. The fourth-order valence-electron chi connectivity index (χ4n) is 3.25. The molecule has 1 heterocycles. The van der Waals surface area contributed by atoms with Crippen molar-refractivity contribution < 1.29 is 19.0 Å². The van der Waals surface area contributed by atoms with Crippen LogP contribution in [0.15, 0.2) is 53.3 Å². The van der Waals surface area contributed by atoms with Crippen LogP contribution in [0.25, 0.3) is 11.8 Å². The van der Waals surface area contributed by atoms with Crippen molar-refractivity contribution in [3.8, 4) is 22.9 Å². The SMILES string of the molecule is COc1cc(C=CC(=O)Nc2c(C)n(C)n(-c3ccccc3)c2=O)cc(OC)c1OC. The molecular formula is C23H25N3O5. The number of hydrogen-bond acceptors (Lipinski definition) is 5. The first kappa shape index (κ1) is 21.8. The van der Waals surface area contributed by atoms with Crippen molar-refractivity contribution in [2.75, 3.05) is 26.6 Å². The Bertz CT molecular complexity index is 1150. The van der Waals surface area contributed by atoms with Crippen molar-refractivity contribution in [2.45, 2.75) is 6.92 Å². The van der Waals surface area contributed by atoms with Crippen LogP contribution in [0.2, 0.25) is 0 Å². The number of nitrogens with one attached hydrogen (secondary N) is 1. The van der Waals surface area contributed by atoms with Crippen molar-refractivity contribution >= 4 is 17.7 Å². The van der Waals surface area contributed by atoms with Crippen LogP contribution in [-0.4, -0.2) is 36.6 Å². The van der Waals surface area contributed by atoms with Gasteiger partial charge in [0.2, 0.25) is 11.7 Å². The maximum atomic E-state index is 12.9. The molecule has 0 unspecified atom stereocenters. The van der Waals surface area contributed by atoms with Crippen molar-refractivity contribution in [2.24, 2.45) is 7.05 Å². The Morgan fingerprint density at radius 2 is 1.61 bits per heavy atom. The highest BCUT2D eigenvalue weighted by Gasteiger charge is 2.17. The number of hydrogen-bond donors (Lipinski definition) is 1. The maximum absolute atomic E-state index is 12.9. The van der Waals surface area contributed by atoms with Gasteiger partial charge in [0, 0.05) is 13.1 Å². The lowest BCUT2D eigenvalue weighted by Gasteiger charge is -2.12. The maximum Gasteiger partial charge on any atom is 0.295 e. The average molecular weight is 423 g/mol. The number of para-hydroxylation sites is 1. The van der Waals surface area contributed by atoms with Gasteiger partial charge in [0.05, 0.1) is 32.7 Å². The third kappa shape index (κ3) is 4.32. The number of amides is 1. The molecule has 0 aliphatic heterocycles. The van der Waals surface area contributed by atoms with Crippen LogP contribution in [0, 0.1) is 6.92 Å². The lowest BCUT2D eigenvalue weighted by atomic mass is 10.1. The largest absolute Gasteiger partial charge is 0.493 e. The summed E-state index contributed by atoms with van der Waals surface area (Å²) in [6, 6.07) is 12.7. The van der Waals surface area contributed by atoms with Gasteiger partial charge in [0.15, 0.2) is 11.5 Å².